The molecule has 5 heteroatoms. The lowest BCUT2D eigenvalue weighted by Crippen LogP contribution is -2.16. The third-order valence-electron chi connectivity index (χ3n) is 2.69. The van der Waals surface area contributed by atoms with Crippen LogP contribution in [-0.2, 0) is 6.42 Å². The molecule has 3 N–H and O–H groups in total. The predicted molar refractivity (Wildman–Crippen MR) is 66.6 cm³/mol. The minimum Gasteiger partial charge on any atom is -0.383 e. The van der Waals surface area contributed by atoms with Crippen LogP contribution in [0.5, 0.6) is 0 Å². The minimum atomic E-state index is -0.222. The van der Waals surface area contributed by atoms with Crippen LogP contribution in [-0.4, -0.2) is 15.0 Å². The van der Waals surface area contributed by atoms with E-state index in [1.54, 1.807) is 13.1 Å². The van der Waals surface area contributed by atoms with Gasteiger partial charge in [-0.1, -0.05) is 13.0 Å². The molecule has 0 aromatic carbocycles. The molecule has 0 aliphatic rings. The average Bonchev–Trinajstić information content (AvgIpc) is 2.35. The molecule has 0 radical (unpaired) electrons. The molecule has 88 valence electrons. The Labute approximate surface area is 98.7 Å². The Morgan fingerprint density at radius 1 is 1.47 bits per heavy atom. The number of hydrogen-bond donors (Lipinski definition) is 2. The molecule has 0 spiro atoms. The van der Waals surface area contributed by atoms with Crippen molar-refractivity contribution in [3.63, 3.8) is 0 Å². The van der Waals surface area contributed by atoms with E-state index in [1.165, 1.54) is 0 Å². The molecule has 2 rings (SSSR count). The lowest BCUT2D eigenvalue weighted by Gasteiger charge is -2.07. The van der Waals surface area contributed by atoms with Gasteiger partial charge in [0.2, 0.25) is 0 Å². The zero-order valence-electron chi connectivity index (χ0n) is 9.82. The van der Waals surface area contributed by atoms with Gasteiger partial charge in [0, 0.05) is 6.20 Å². The lowest BCUT2D eigenvalue weighted by atomic mass is 10.1. The standard InChI is InChI=1S/C12H14N4O/c1-3-8-5-4-6-14-9(8)11-15-10(13)7(2)12(17)16-11/h4-6H,3H2,1-2H3,(H3,13,15,16,17). The maximum Gasteiger partial charge on any atom is 0.256 e. The number of nitrogens with two attached hydrogens (primary N) is 1. The lowest BCUT2D eigenvalue weighted by molar-refractivity contribution is 1.04. The van der Waals surface area contributed by atoms with Crippen LogP contribution >= 0.6 is 0 Å². The van der Waals surface area contributed by atoms with Gasteiger partial charge in [-0.2, -0.15) is 0 Å². The summed E-state index contributed by atoms with van der Waals surface area (Å²) in [6.07, 6.45) is 2.49. The van der Waals surface area contributed by atoms with Gasteiger partial charge in [0.1, 0.15) is 11.5 Å². The van der Waals surface area contributed by atoms with Gasteiger partial charge in [0.15, 0.2) is 5.82 Å². The van der Waals surface area contributed by atoms with Crippen molar-refractivity contribution >= 4 is 5.82 Å². The Morgan fingerprint density at radius 2 is 2.24 bits per heavy atom. The third-order valence-corrected chi connectivity index (χ3v) is 2.69. The van der Waals surface area contributed by atoms with Crippen LogP contribution in [0.3, 0.4) is 0 Å². The molecule has 0 fully saturated rings. The Hall–Kier alpha value is -2.17. The van der Waals surface area contributed by atoms with Crippen LogP contribution in [0.25, 0.3) is 11.5 Å². The van der Waals surface area contributed by atoms with Crippen molar-refractivity contribution in [3.8, 4) is 11.5 Å². The number of hydrogen-bond acceptors (Lipinski definition) is 4. The van der Waals surface area contributed by atoms with E-state index in [0.717, 1.165) is 12.0 Å². The Kier molecular flexibility index (Phi) is 2.91. The number of rotatable bonds is 2. The maximum atomic E-state index is 11.6. The van der Waals surface area contributed by atoms with E-state index < -0.39 is 0 Å². The van der Waals surface area contributed by atoms with Gasteiger partial charge in [-0.3, -0.25) is 9.78 Å². The van der Waals surface area contributed by atoms with E-state index in [1.807, 2.05) is 19.1 Å². The van der Waals surface area contributed by atoms with E-state index in [9.17, 15) is 4.79 Å². The highest BCUT2D eigenvalue weighted by atomic mass is 16.1. The number of anilines is 1. The van der Waals surface area contributed by atoms with Gasteiger partial charge < -0.3 is 10.7 Å². The Morgan fingerprint density at radius 3 is 2.88 bits per heavy atom. The number of aromatic nitrogens is 3. The molecule has 2 aromatic rings. The molecule has 0 saturated carbocycles. The summed E-state index contributed by atoms with van der Waals surface area (Å²) >= 11 is 0. The van der Waals surface area contributed by atoms with Gasteiger partial charge in [0.05, 0.1) is 5.56 Å². The normalized spacial score (nSPS) is 10.5. The highest BCUT2D eigenvalue weighted by molar-refractivity contribution is 5.57. The molecule has 2 heterocycles. The fourth-order valence-electron chi connectivity index (χ4n) is 1.60. The zero-order chi connectivity index (χ0) is 12.4. The van der Waals surface area contributed by atoms with Gasteiger partial charge in [-0.25, -0.2) is 4.98 Å². The predicted octanol–water partition coefficient (Wildman–Crippen LogP) is 1.28. The molecule has 0 aliphatic carbocycles. The topological polar surface area (TPSA) is 84.7 Å². The minimum absolute atomic E-state index is 0.222. The highest BCUT2D eigenvalue weighted by Gasteiger charge is 2.10. The monoisotopic (exact) mass is 230 g/mol. The second-order valence-electron chi connectivity index (χ2n) is 3.79. The number of nitrogens with zero attached hydrogens (tertiary/aromatic N) is 2. The van der Waals surface area contributed by atoms with Crippen molar-refractivity contribution in [2.45, 2.75) is 20.3 Å². The number of nitrogen functional groups attached to an aromatic ring is 1. The third kappa shape index (κ3) is 2.04. The second kappa shape index (κ2) is 4.37. The average molecular weight is 230 g/mol. The number of aromatic amines is 1. The molecule has 17 heavy (non-hydrogen) atoms. The molecule has 0 saturated heterocycles. The summed E-state index contributed by atoms with van der Waals surface area (Å²) < 4.78 is 0. The molecule has 0 aliphatic heterocycles. The fourth-order valence-corrected chi connectivity index (χ4v) is 1.60. The van der Waals surface area contributed by atoms with Crippen molar-refractivity contribution in [2.75, 3.05) is 5.73 Å². The molecule has 0 bridgehead atoms. The van der Waals surface area contributed by atoms with Crippen molar-refractivity contribution in [1.29, 1.82) is 0 Å². The van der Waals surface area contributed by atoms with Crippen molar-refractivity contribution in [2.24, 2.45) is 0 Å². The fraction of sp³-hybridized carbons (Fsp3) is 0.250. The summed E-state index contributed by atoms with van der Waals surface area (Å²) in [4.78, 5) is 22.7. The summed E-state index contributed by atoms with van der Waals surface area (Å²) in [6.45, 7) is 3.67. The van der Waals surface area contributed by atoms with Gasteiger partial charge in [-0.05, 0) is 25.0 Å². The number of H-pyrrole nitrogens is 1. The molecular formula is C12H14N4O. The molecule has 0 atom stereocenters. The van der Waals surface area contributed by atoms with Gasteiger partial charge >= 0.3 is 0 Å². The van der Waals surface area contributed by atoms with Crippen molar-refractivity contribution in [3.05, 3.63) is 39.8 Å². The molecular weight excluding hydrogens is 216 g/mol. The van der Waals surface area contributed by atoms with Crippen LogP contribution in [0.1, 0.15) is 18.1 Å². The summed E-state index contributed by atoms with van der Waals surface area (Å²) in [5, 5.41) is 0. The summed E-state index contributed by atoms with van der Waals surface area (Å²) in [6, 6.07) is 3.82. The quantitative estimate of drug-likeness (QED) is 0.814. The molecule has 0 unspecified atom stereocenters. The molecule has 2 aromatic heterocycles. The second-order valence-corrected chi connectivity index (χ2v) is 3.79. The Balaban J connectivity index is 2.65. The van der Waals surface area contributed by atoms with Crippen LogP contribution in [0.15, 0.2) is 23.1 Å². The zero-order valence-corrected chi connectivity index (χ0v) is 9.82. The van der Waals surface area contributed by atoms with Crippen molar-refractivity contribution < 1.29 is 0 Å². The van der Waals surface area contributed by atoms with E-state index in [2.05, 4.69) is 15.0 Å². The highest BCUT2D eigenvalue weighted by Crippen LogP contribution is 2.17. The van der Waals surface area contributed by atoms with Crippen molar-refractivity contribution in [1.82, 2.24) is 15.0 Å². The smallest absolute Gasteiger partial charge is 0.256 e. The summed E-state index contributed by atoms with van der Waals surface area (Å²) in [7, 11) is 0. The van der Waals surface area contributed by atoms with E-state index in [-0.39, 0.29) is 11.4 Å². The molecule has 0 amide bonds. The first-order valence-electron chi connectivity index (χ1n) is 5.44. The summed E-state index contributed by atoms with van der Waals surface area (Å²) in [5.41, 5.74) is 7.61. The van der Waals surface area contributed by atoms with E-state index in [4.69, 9.17) is 5.73 Å². The van der Waals surface area contributed by atoms with Crippen LogP contribution in [0.4, 0.5) is 5.82 Å². The number of aryl methyl sites for hydroxylation is 1. The number of pyridine rings is 1. The first-order chi connectivity index (χ1) is 8.13. The van der Waals surface area contributed by atoms with Crippen LogP contribution in [0.2, 0.25) is 0 Å². The van der Waals surface area contributed by atoms with E-state index >= 15 is 0 Å². The largest absolute Gasteiger partial charge is 0.383 e. The first kappa shape index (κ1) is 11.3. The SMILES string of the molecule is CCc1cccnc1-c1nc(N)c(C)c(=O)[nH]1. The number of nitrogens with one attached hydrogen (secondary N) is 1. The maximum absolute atomic E-state index is 11.6. The Bertz CT molecular complexity index is 604. The van der Waals surface area contributed by atoms with Gasteiger partial charge in [0.25, 0.3) is 5.56 Å². The summed E-state index contributed by atoms with van der Waals surface area (Å²) in [5.74, 6) is 0.673. The molecule has 5 nitrogen and oxygen atoms in total. The van der Waals surface area contributed by atoms with E-state index in [0.29, 0.717) is 17.1 Å². The first-order valence-corrected chi connectivity index (χ1v) is 5.44. The van der Waals surface area contributed by atoms with Crippen LogP contribution in [0, 0.1) is 6.92 Å². The van der Waals surface area contributed by atoms with Gasteiger partial charge in [-0.15, -0.1) is 0 Å². The van der Waals surface area contributed by atoms with Crippen LogP contribution < -0.4 is 11.3 Å².